The summed E-state index contributed by atoms with van der Waals surface area (Å²) in [6.45, 7) is 2.10. The second-order valence-electron chi connectivity index (χ2n) is 7.88. The molecule has 1 fully saturated rings. The predicted octanol–water partition coefficient (Wildman–Crippen LogP) is 5.31. The van der Waals surface area contributed by atoms with Crippen LogP contribution in [0.25, 0.3) is 6.08 Å². The smallest absolute Gasteiger partial charge is 0.270 e. The molecule has 9 nitrogen and oxygen atoms in total. The lowest BCUT2D eigenvalue weighted by atomic mass is 10.1. The molecule has 0 saturated carbocycles. The maximum atomic E-state index is 14.4. The number of ether oxygens (including phenoxy) is 2. The largest absolute Gasteiger partial charge is 0.490 e. The maximum absolute atomic E-state index is 14.4. The van der Waals surface area contributed by atoms with Crippen molar-refractivity contribution in [2.45, 2.75) is 13.5 Å². The Labute approximate surface area is 230 Å². The summed E-state index contributed by atoms with van der Waals surface area (Å²) in [7, 11) is 0. The molecule has 1 saturated heterocycles. The monoisotopic (exact) mass is 599 g/mol. The lowest BCUT2D eigenvalue weighted by Gasteiger charge is -2.29. The van der Waals surface area contributed by atoms with E-state index in [1.54, 1.807) is 37.3 Å². The van der Waals surface area contributed by atoms with E-state index in [0.717, 1.165) is 4.90 Å². The van der Waals surface area contributed by atoms with E-state index in [1.807, 2.05) is 0 Å². The SMILES string of the molecule is CCOc1cc(/C=C2\C(=O)NC(=S)N(c3ccccc3F)C2=O)c(Br)cc1OCc1cccc([N+](=O)[O-])c1. The topological polar surface area (TPSA) is 111 Å². The highest BCUT2D eigenvalue weighted by molar-refractivity contribution is 9.10. The molecular formula is C26H19BrFN3O6S. The molecule has 0 unspecified atom stereocenters. The molecule has 0 aromatic heterocycles. The summed E-state index contributed by atoms with van der Waals surface area (Å²) in [5.74, 6) is -1.55. The van der Waals surface area contributed by atoms with Crippen LogP contribution in [0.4, 0.5) is 15.8 Å². The van der Waals surface area contributed by atoms with Gasteiger partial charge in [0, 0.05) is 16.6 Å². The van der Waals surface area contributed by atoms with Gasteiger partial charge in [-0.05, 0) is 60.6 Å². The van der Waals surface area contributed by atoms with Crippen LogP contribution in [0.1, 0.15) is 18.1 Å². The standard InChI is InChI=1S/C26H19BrFN3O6S/c1-2-36-22-12-16(19(27)13-23(22)37-14-15-6-5-7-17(10-15)31(34)35)11-18-24(32)29-26(38)30(25(18)33)21-9-4-3-8-20(21)28/h3-13H,2,14H2,1H3,(H,29,32,38)/b18-11+. The Balaban J connectivity index is 1.66. The molecule has 0 atom stereocenters. The third-order valence-electron chi connectivity index (χ3n) is 5.37. The molecule has 38 heavy (non-hydrogen) atoms. The van der Waals surface area contributed by atoms with E-state index in [9.17, 15) is 24.1 Å². The minimum atomic E-state index is -0.792. The van der Waals surface area contributed by atoms with Crippen molar-refractivity contribution in [2.24, 2.45) is 0 Å². The number of non-ortho nitro benzene ring substituents is 1. The van der Waals surface area contributed by atoms with Gasteiger partial charge in [0.25, 0.3) is 17.5 Å². The molecule has 0 aliphatic carbocycles. The Morgan fingerprint density at radius 3 is 2.55 bits per heavy atom. The molecule has 0 bridgehead atoms. The minimum Gasteiger partial charge on any atom is -0.490 e. The fraction of sp³-hybridized carbons (Fsp3) is 0.115. The molecule has 4 rings (SSSR count). The van der Waals surface area contributed by atoms with Gasteiger partial charge in [0.15, 0.2) is 16.6 Å². The summed E-state index contributed by atoms with van der Waals surface area (Å²) in [6.07, 6.45) is 1.34. The van der Waals surface area contributed by atoms with Gasteiger partial charge in [-0.25, -0.2) is 9.29 Å². The molecule has 1 heterocycles. The second kappa shape index (κ2) is 11.5. The van der Waals surface area contributed by atoms with Crippen molar-refractivity contribution in [3.05, 3.63) is 97.8 Å². The molecule has 194 valence electrons. The Hall–Kier alpha value is -4.16. The van der Waals surface area contributed by atoms with Gasteiger partial charge in [0.05, 0.1) is 17.2 Å². The molecule has 3 aromatic carbocycles. The van der Waals surface area contributed by atoms with Crippen LogP contribution in [0.5, 0.6) is 11.5 Å². The van der Waals surface area contributed by atoms with Gasteiger partial charge in [-0.15, -0.1) is 0 Å². The zero-order valence-electron chi connectivity index (χ0n) is 19.8. The molecule has 1 N–H and O–H groups in total. The Morgan fingerprint density at radius 2 is 1.84 bits per heavy atom. The van der Waals surface area contributed by atoms with Crippen molar-refractivity contribution in [1.29, 1.82) is 0 Å². The lowest BCUT2D eigenvalue weighted by molar-refractivity contribution is -0.384. The summed E-state index contributed by atoms with van der Waals surface area (Å²) in [4.78, 5) is 37.4. The Kier molecular flexibility index (Phi) is 8.13. The van der Waals surface area contributed by atoms with Crippen molar-refractivity contribution in [1.82, 2.24) is 5.32 Å². The van der Waals surface area contributed by atoms with E-state index in [1.165, 1.54) is 36.4 Å². The highest BCUT2D eigenvalue weighted by Crippen LogP contribution is 2.36. The van der Waals surface area contributed by atoms with Crippen LogP contribution in [0.3, 0.4) is 0 Å². The number of rotatable bonds is 8. The number of para-hydroxylation sites is 1. The first-order valence-electron chi connectivity index (χ1n) is 11.2. The number of anilines is 1. The van der Waals surface area contributed by atoms with Crippen molar-refractivity contribution in [2.75, 3.05) is 11.5 Å². The van der Waals surface area contributed by atoms with Gasteiger partial charge in [0.1, 0.15) is 18.0 Å². The number of amides is 2. The summed E-state index contributed by atoms with van der Waals surface area (Å²) in [5, 5.41) is 13.2. The molecule has 3 aromatic rings. The van der Waals surface area contributed by atoms with Crippen molar-refractivity contribution >= 4 is 62.5 Å². The number of nitrogens with zero attached hydrogens (tertiary/aromatic N) is 2. The third-order valence-corrected chi connectivity index (χ3v) is 6.34. The molecule has 0 radical (unpaired) electrons. The highest BCUT2D eigenvalue weighted by atomic mass is 79.9. The van der Waals surface area contributed by atoms with E-state index in [-0.39, 0.29) is 28.7 Å². The fourth-order valence-corrected chi connectivity index (χ4v) is 4.34. The average Bonchev–Trinajstić information content (AvgIpc) is 2.88. The maximum Gasteiger partial charge on any atom is 0.270 e. The van der Waals surface area contributed by atoms with Crippen LogP contribution in [0, 0.1) is 15.9 Å². The van der Waals surface area contributed by atoms with Gasteiger partial charge in [-0.1, -0.05) is 40.2 Å². The zero-order valence-corrected chi connectivity index (χ0v) is 22.2. The number of carbonyl (C=O) groups is 2. The predicted molar refractivity (Wildman–Crippen MR) is 145 cm³/mol. The number of nitro benzene ring substituents is 1. The van der Waals surface area contributed by atoms with Crippen molar-refractivity contribution < 1.29 is 28.4 Å². The van der Waals surface area contributed by atoms with Crippen molar-refractivity contribution in [3.8, 4) is 11.5 Å². The summed E-state index contributed by atoms with van der Waals surface area (Å²) in [6, 6.07) is 14.8. The second-order valence-corrected chi connectivity index (χ2v) is 9.12. The summed E-state index contributed by atoms with van der Waals surface area (Å²) >= 11 is 8.55. The van der Waals surface area contributed by atoms with Crippen LogP contribution >= 0.6 is 28.1 Å². The van der Waals surface area contributed by atoms with Crippen LogP contribution < -0.4 is 19.7 Å². The first-order chi connectivity index (χ1) is 18.2. The molecule has 0 spiro atoms. The third kappa shape index (κ3) is 5.71. The van der Waals surface area contributed by atoms with Crippen LogP contribution in [-0.2, 0) is 16.2 Å². The van der Waals surface area contributed by atoms with Crippen LogP contribution in [0.15, 0.2) is 70.7 Å². The normalized spacial score (nSPS) is 14.4. The summed E-state index contributed by atoms with van der Waals surface area (Å²) < 4.78 is 26.5. The molecular weight excluding hydrogens is 581 g/mol. The van der Waals surface area contributed by atoms with Gasteiger partial charge >= 0.3 is 0 Å². The highest BCUT2D eigenvalue weighted by Gasteiger charge is 2.35. The molecule has 2 amide bonds. The number of halogens is 2. The van der Waals surface area contributed by atoms with E-state index in [2.05, 4.69) is 21.2 Å². The van der Waals surface area contributed by atoms with E-state index in [4.69, 9.17) is 21.7 Å². The number of carbonyl (C=O) groups excluding carboxylic acids is 2. The van der Waals surface area contributed by atoms with Gasteiger partial charge in [0.2, 0.25) is 0 Å². The lowest BCUT2D eigenvalue weighted by Crippen LogP contribution is -2.54. The molecule has 1 aliphatic rings. The number of benzene rings is 3. The van der Waals surface area contributed by atoms with E-state index >= 15 is 0 Å². The van der Waals surface area contributed by atoms with E-state index < -0.39 is 22.6 Å². The minimum absolute atomic E-state index is 0.0323. The average molecular weight is 600 g/mol. The van der Waals surface area contributed by atoms with Gasteiger partial charge in [-0.3, -0.25) is 25.0 Å². The molecule has 1 aliphatic heterocycles. The fourth-order valence-electron chi connectivity index (χ4n) is 3.63. The Morgan fingerprint density at radius 1 is 1.11 bits per heavy atom. The Bertz CT molecular complexity index is 1500. The van der Waals surface area contributed by atoms with E-state index in [0.29, 0.717) is 33.7 Å². The number of nitrogens with one attached hydrogen (secondary N) is 1. The number of nitro groups is 1. The first kappa shape index (κ1) is 26.9. The quantitative estimate of drug-likeness (QED) is 0.123. The zero-order chi connectivity index (χ0) is 27.4. The number of thiocarbonyl (C=S) groups is 1. The van der Waals surface area contributed by atoms with Crippen molar-refractivity contribution in [3.63, 3.8) is 0 Å². The summed E-state index contributed by atoms with van der Waals surface area (Å²) in [5.41, 5.74) is 0.579. The van der Waals surface area contributed by atoms with Gasteiger partial charge in [-0.2, -0.15) is 0 Å². The van der Waals surface area contributed by atoms with Crippen LogP contribution in [-0.4, -0.2) is 28.5 Å². The van der Waals surface area contributed by atoms with Gasteiger partial charge < -0.3 is 9.47 Å². The first-order valence-corrected chi connectivity index (χ1v) is 12.4. The molecule has 12 heteroatoms. The van der Waals surface area contributed by atoms with Crippen LogP contribution in [0.2, 0.25) is 0 Å². The number of hydrogen-bond acceptors (Lipinski definition) is 7. The number of hydrogen-bond donors (Lipinski definition) is 1.